The molecule has 0 saturated carbocycles. The van der Waals surface area contributed by atoms with E-state index < -0.39 is 17.6 Å². The lowest BCUT2D eigenvalue weighted by Gasteiger charge is -2.10. The molecule has 0 aliphatic carbocycles. The van der Waals surface area contributed by atoms with E-state index in [0.29, 0.717) is 5.69 Å². The highest BCUT2D eigenvalue weighted by atomic mass is 19.4. The number of halogens is 4. The van der Waals surface area contributed by atoms with E-state index >= 15 is 0 Å². The fourth-order valence-electron chi connectivity index (χ4n) is 1.95. The largest absolute Gasteiger partial charge is 0.416 e. The standard InChI is InChI=1S/C14H9F4N5/c15-10-4-2-5-11(8-10)19-13-20-21-22-23(13)12-6-1-3-9(7-12)14(16,17)18/h1-8H,(H,19,20,22). The molecule has 0 fully saturated rings. The molecule has 0 spiro atoms. The van der Waals surface area contributed by atoms with Gasteiger partial charge in [0.05, 0.1) is 11.3 Å². The molecular weight excluding hydrogens is 314 g/mol. The summed E-state index contributed by atoms with van der Waals surface area (Å²) in [5.41, 5.74) is -0.320. The number of aromatic nitrogens is 4. The molecule has 0 saturated heterocycles. The quantitative estimate of drug-likeness (QED) is 0.749. The first-order chi connectivity index (χ1) is 10.9. The van der Waals surface area contributed by atoms with Crippen LogP contribution in [0, 0.1) is 5.82 Å². The summed E-state index contributed by atoms with van der Waals surface area (Å²) in [5, 5.41) is 13.5. The molecular formula is C14H9F4N5. The van der Waals surface area contributed by atoms with Crippen LogP contribution in [-0.4, -0.2) is 20.2 Å². The minimum Gasteiger partial charge on any atom is -0.323 e. The van der Waals surface area contributed by atoms with Gasteiger partial charge < -0.3 is 5.32 Å². The number of alkyl halides is 3. The predicted octanol–water partition coefficient (Wildman–Crippen LogP) is 3.56. The van der Waals surface area contributed by atoms with Gasteiger partial charge in [-0.25, -0.2) is 4.39 Å². The molecule has 0 aliphatic heterocycles. The summed E-state index contributed by atoms with van der Waals surface area (Å²) in [4.78, 5) is 0. The van der Waals surface area contributed by atoms with Crippen molar-refractivity contribution >= 4 is 11.6 Å². The maximum atomic E-state index is 13.2. The zero-order valence-corrected chi connectivity index (χ0v) is 11.4. The molecule has 5 nitrogen and oxygen atoms in total. The molecule has 3 aromatic rings. The van der Waals surface area contributed by atoms with Gasteiger partial charge in [0, 0.05) is 5.69 Å². The Kier molecular flexibility index (Phi) is 3.68. The van der Waals surface area contributed by atoms with Gasteiger partial charge in [0.25, 0.3) is 5.95 Å². The second-order valence-electron chi connectivity index (χ2n) is 4.60. The van der Waals surface area contributed by atoms with Crippen LogP contribution in [0.15, 0.2) is 48.5 Å². The minimum atomic E-state index is -4.47. The molecule has 118 valence electrons. The lowest BCUT2D eigenvalue weighted by atomic mass is 10.2. The number of rotatable bonds is 3. The Balaban J connectivity index is 1.95. The molecule has 2 aromatic carbocycles. The van der Waals surface area contributed by atoms with Gasteiger partial charge in [-0.3, -0.25) is 0 Å². The molecule has 1 heterocycles. The van der Waals surface area contributed by atoms with E-state index in [-0.39, 0.29) is 11.6 Å². The van der Waals surface area contributed by atoms with E-state index in [9.17, 15) is 17.6 Å². The Morgan fingerprint density at radius 2 is 1.78 bits per heavy atom. The summed E-state index contributed by atoms with van der Waals surface area (Å²) in [5.74, 6) is -0.400. The van der Waals surface area contributed by atoms with Crippen LogP contribution in [0.2, 0.25) is 0 Å². The van der Waals surface area contributed by atoms with Crippen LogP contribution < -0.4 is 5.32 Å². The SMILES string of the molecule is Fc1cccc(Nc2nnnn2-c2cccc(C(F)(F)F)c2)c1. The summed E-state index contributed by atoms with van der Waals surface area (Å²) in [6.45, 7) is 0. The average molecular weight is 323 g/mol. The molecule has 0 amide bonds. The third-order valence-electron chi connectivity index (χ3n) is 2.97. The van der Waals surface area contributed by atoms with Crippen LogP contribution in [0.5, 0.6) is 0 Å². The van der Waals surface area contributed by atoms with E-state index in [2.05, 4.69) is 20.8 Å². The van der Waals surface area contributed by atoms with Crippen LogP contribution in [0.1, 0.15) is 5.56 Å². The average Bonchev–Trinajstić information content (AvgIpc) is 2.95. The number of hydrogen-bond acceptors (Lipinski definition) is 4. The van der Waals surface area contributed by atoms with E-state index in [0.717, 1.165) is 16.8 Å². The molecule has 0 atom stereocenters. The Morgan fingerprint density at radius 1 is 1.00 bits per heavy atom. The maximum absolute atomic E-state index is 13.2. The van der Waals surface area contributed by atoms with Crippen molar-refractivity contribution in [2.24, 2.45) is 0 Å². The lowest BCUT2D eigenvalue weighted by Crippen LogP contribution is -2.08. The van der Waals surface area contributed by atoms with Crippen molar-refractivity contribution in [2.45, 2.75) is 6.18 Å². The molecule has 0 bridgehead atoms. The molecule has 0 radical (unpaired) electrons. The second kappa shape index (κ2) is 5.67. The smallest absolute Gasteiger partial charge is 0.323 e. The van der Waals surface area contributed by atoms with Crippen molar-refractivity contribution in [1.29, 1.82) is 0 Å². The maximum Gasteiger partial charge on any atom is 0.416 e. The number of benzene rings is 2. The van der Waals surface area contributed by atoms with Gasteiger partial charge in [-0.05, 0) is 46.8 Å². The van der Waals surface area contributed by atoms with Crippen molar-refractivity contribution < 1.29 is 17.6 Å². The predicted molar refractivity (Wildman–Crippen MR) is 73.8 cm³/mol. The zero-order valence-electron chi connectivity index (χ0n) is 11.4. The summed E-state index contributed by atoms with van der Waals surface area (Å²) in [6, 6.07) is 10.1. The highest BCUT2D eigenvalue weighted by Gasteiger charge is 2.30. The molecule has 0 aliphatic rings. The Hall–Kier alpha value is -2.97. The van der Waals surface area contributed by atoms with Gasteiger partial charge in [-0.2, -0.15) is 17.9 Å². The molecule has 1 N–H and O–H groups in total. The van der Waals surface area contributed by atoms with Crippen molar-refractivity contribution in [2.75, 3.05) is 5.32 Å². The molecule has 1 aromatic heterocycles. The van der Waals surface area contributed by atoms with Crippen molar-refractivity contribution in [3.05, 3.63) is 59.9 Å². The minimum absolute atomic E-state index is 0.0647. The molecule has 3 rings (SSSR count). The second-order valence-corrected chi connectivity index (χ2v) is 4.60. The van der Waals surface area contributed by atoms with Gasteiger partial charge >= 0.3 is 6.18 Å². The zero-order chi connectivity index (χ0) is 16.4. The number of hydrogen-bond donors (Lipinski definition) is 1. The first-order valence-corrected chi connectivity index (χ1v) is 6.42. The normalized spacial score (nSPS) is 11.5. The van der Waals surface area contributed by atoms with E-state index in [1.54, 1.807) is 6.07 Å². The Labute approximate surface area is 127 Å². The van der Waals surface area contributed by atoms with Gasteiger partial charge in [0.2, 0.25) is 0 Å². The van der Waals surface area contributed by atoms with Crippen molar-refractivity contribution in [1.82, 2.24) is 20.2 Å². The Morgan fingerprint density at radius 3 is 2.52 bits per heavy atom. The lowest BCUT2D eigenvalue weighted by molar-refractivity contribution is -0.137. The van der Waals surface area contributed by atoms with E-state index in [4.69, 9.17) is 0 Å². The highest BCUT2D eigenvalue weighted by molar-refractivity contribution is 5.55. The van der Waals surface area contributed by atoms with E-state index in [1.807, 2.05) is 0 Å². The third kappa shape index (κ3) is 3.28. The fraction of sp³-hybridized carbons (Fsp3) is 0.0714. The summed E-state index contributed by atoms with van der Waals surface area (Å²) >= 11 is 0. The van der Waals surface area contributed by atoms with Gasteiger partial charge in [0.15, 0.2) is 0 Å². The van der Waals surface area contributed by atoms with Gasteiger partial charge in [-0.1, -0.05) is 17.2 Å². The summed E-state index contributed by atoms with van der Waals surface area (Å²) in [7, 11) is 0. The van der Waals surface area contributed by atoms with Crippen LogP contribution in [-0.2, 0) is 6.18 Å². The van der Waals surface area contributed by atoms with Crippen LogP contribution in [0.4, 0.5) is 29.2 Å². The van der Waals surface area contributed by atoms with Crippen LogP contribution in [0.25, 0.3) is 5.69 Å². The van der Waals surface area contributed by atoms with Gasteiger partial charge in [0.1, 0.15) is 5.82 Å². The fourth-order valence-corrected chi connectivity index (χ4v) is 1.95. The summed E-state index contributed by atoms with van der Waals surface area (Å²) < 4.78 is 52.6. The first-order valence-electron chi connectivity index (χ1n) is 6.42. The molecule has 9 heteroatoms. The number of anilines is 2. The number of nitrogens with zero attached hydrogens (tertiary/aromatic N) is 4. The number of tetrazole rings is 1. The topological polar surface area (TPSA) is 55.6 Å². The van der Waals surface area contributed by atoms with Gasteiger partial charge in [-0.15, -0.1) is 0 Å². The Bertz CT molecular complexity index is 828. The monoisotopic (exact) mass is 323 g/mol. The first kappa shape index (κ1) is 14.9. The molecule has 23 heavy (non-hydrogen) atoms. The van der Waals surface area contributed by atoms with Crippen LogP contribution in [0.3, 0.4) is 0 Å². The van der Waals surface area contributed by atoms with E-state index in [1.165, 1.54) is 30.3 Å². The van der Waals surface area contributed by atoms with Crippen LogP contribution >= 0.6 is 0 Å². The number of nitrogens with one attached hydrogen (secondary N) is 1. The van der Waals surface area contributed by atoms with Crippen molar-refractivity contribution in [3.8, 4) is 5.69 Å². The van der Waals surface area contributed by atoms with Crippen molar-refractivity contribution in [3.63, 3.8) is 0 Å². The summed E-state index contributed by atoms with van der Waals surface area (Å²) in [6.07, 6.45) is -4.47. The molecule has 0 unspecified atom stereocenters. The highest BCUT2D eigenvalue weighted by Crippen LogP contribution is 2.30. The third-order valence-corrected chi connectivity index (χ3v) is 2.97.